The summed E-state index contributed by atoms with van der Waals surface area (Å²) in [5.41, 5.74) is 7.86. The number of hydrogen-bond acceptors (Lipinski definition) is 3. The fourth-order valence-electron chi connectivity index (χ4n) is 4.30. The Bertz CT molecular complexity index is 1240. The molecule has 3 aromatic carbocycles. The molecule has 0 aliphatic heterocycles. The topological polar surface area (TPSA) is 101 Å². The van der Waals surface area contributed by atoms with Crippen molar-refractivity contribution in [2.45, 2.75) is 44.7 Å². The van der Waals surface area contributed by atoms with Crippen LogP contribution in [-0.2, 0) is 16.0 Å². The Labute approximate surface area is 220 Å². The Morgan fingerprint density at radius 3 is 2.11 bits per heavy atom. The summed E-state index contributed by atoms with van der Waals surface area (Å²) in [6.45, 7) is 3.66. The van der Waals surface area contributed by atoms with Crippen molar-refractivity contribution in [2.24, 2.45) is 5.73 Å². The van der Waals surface area contributed by atoms with E-state index in [1.54, 1.807) is 42.5 Å². The summed E-state index contributed by atoms with van der Waals surface area (Å²) in [5.74, 6) is -2.25. The monoisotopic (exact) mass is 526 g/mol. The van der Waals surface area contributed by atoms with E-state index in [1.165, 1.54) is 4.90 Å². The van der Waals surface area contributed by atoms with Gasteiger partial charge in [-0.05, 0) is 79.8 Å². The van der Waals surface area contributed by atoms with Crippen molar-refractivity contribution in [1.82, 2.24) is 4.90 Å². The van der Waals surface area contributed by atoms with Crippen molar-refractivity contribution in [3.05, 3.63) is 94.0 Å². The number of carboxylic acids is 1. The molecular formula is C28H28Cl2N2O4. The number of hydrogen-bond donors (Lipinski definition) is 2. The zero-order chi connectivity index (χ0) is 26.5. The number of nitrogens with two attached hydrogens (primary N) is 1. The summed E-state index contributed by atoms with van der Waals surface area (Å²) >= 11 is 12.1. The Kier molecular flexibility index (Phi) is 8.77. The van der Waals surface area contributed by atoms with E-state index >= 15 is 0 Å². The fraction of sp³-hybridized carbons (Fsp3) is 0.250. The minimum atomic E-state index is -1.11. The van der Waals surface area contributed by atoms with Gasteiger partial charge >= 0.3 is 5.97 Å². The number of rotatable bonds is 10. The lowest BCUT2D eigenvalue weighted by Gasteiger charge is -2.43. The first-order chi connectivity index (χ1) is 17.0. The molecule has 0 unspecified atom stereocenters. The highest BCUT2D eigenvalue weighted by Gasteiger charge is 2.39. The standard InChI is InChI=1S/C28H28Cl2N2O4/c1-28(2,17-18-6-12-22(29)13-7-18)32(24(26(31)35)14-15-25(33)34)27(36)20-10-8-19(9-11-20)21-4-3-5-23(30)16-21/h3-13,16,24H,14-15,17H2,1-2H3,(H2,31,35)(H,33,34)/t24-/m0/s1. The Balaban J connectivity index is 1.99. The number of carbonyl (C=O) groups is 3. The van der Waals surface area contributed by atoms with Crippen LogP contribution in [0.2, 0.25) is 10.0 Å². The number of amides is 2. The van der Waals surface area contributed by atoms with Crippen LogP contribution >= 0.6 is 23.2 Å². The summed E-state index contributed by atoms with van der Waals surface area (Å²) in [4.78, 5) is 39.1. The second-order valence-electron chi connectivity index (χ2n) is 9.23. The minimum Gasteiger partial charge on any atom is -0.481 e. The molecule has 0 aliphatic carbocycles. The van der Waals surface area contributed by atoms with Crippen LogP contribution < -0.4 is 5.73 Å². The molecule has 1 atom stereocenters. The lowest BCUT2D eigenvalue weighted by molar-refractivity contribution is -0.137. The summed E-state index contributed by atoms with van der Waals surface area (Å²) in [5, 5.41) is 10.4. The normalized spacial score (nSPS) is 12.1. The van der Waals surface area contributed by atoms with Gasteiger partial charge in [-0.3, -0.25) is 14.4 Å². The Morgan fingerprint density at radius 2 is 1.56 bits per heavy atom. The number of carbonyl (C=O) groups excluding carboxylic acids is 2. The molecule has 0 radical (unpaired) electrons. The van der Waals surface area contributed by atoms with Crippen molar-refractivity contribution in [3.8, 4) is 11.1 Å². The highest BCUT2D eigenvalue weighted by Crippen LogP contribution is 2.29. The molecule has 0 aliphatic rings. The lowest BCUT2D eigenvalue weighted by atomic mass is 9.89. The Morgan fingerprint density at radius 1 is 0.917 bits per heavy atom. The third-order valence-corrected chi connectivity index (χ3v) is 6.47. The maximum Gasteiger partial charge on any atom is 0.303 e. The van der Waals surface area contributed by atoms with E-state index in [-0.39, 0.29) is 12.8 Å². The van der Waals surface area contributed by atoms with Crippen molar-refractivity contribution >= 4 is 41.0 Å². The molecule has 188 valence electrons. The predicted molar refractivity (Wildman–Crippen MR) is 142 cm³/mol. The first-order valence-electron chi connectivity index (χ1n) is 11.4. The van der Waals surface area contributed by atoms with Crippen molar-refractivity contribution < 1.29 is 19.5 Å². The molecule has 0 aromatic heterocycles. The fourth-order valence-corrected chi connectivity index (χ4v) is 4.61. The number of nitrogens with zero attached hydrogens (tertiary/aromatic N) is 1. The quantitative estimate of drug-likeness (QED) is 0.346. The van der Waals surface area contributed by atoms with E-state index in [0.717, 1.165) is 16.7 Å². The van der Waals surface area contributed by atoms with Gasteiger partial charge in [0.25, 0.3) is 5.91 Å². The number of halogens is 2. The minimum absolute atomic E-state index is 0.0962. The number of carboxylic acid groups (broad SMARTS) is 1. The second-order valence-corrected chi connectivity index (χ2v) is 10.1. The van der Waals surface area contributed by atoms with Gasteiger partial charge in [-0.25, -0.2) is 0 Å². The van der Waals surface area contributed by atoms with Gasteiger partial charge in [-0.2, -0.15) is 0 Å². The molecular weight excluding hydrogens is 499 g/mol. The van der Waals surface area contributed by atoms with Gasteiger partial charge in [-0.1, -0.05) is 59.6 Å². The molecule has 0 heterocycles. The largest absolute Gasteiger partial charge is 0.481 e. The van der Waals surface area contributed by atoms with Crippen molar-refractivity contribution in [3.63, 3.8) is 0 Å². The van der Waals surface area contributed by atoms with Crippen molar-refractivity contribution in [1.29, 1.82) is 0 Å². The van der Waals surface area contributed by atoms with Crippen LogP contribution in [0.25, 0.3) is 11.1 Å². The summed E-state index contributed by atoms with van der Waals surface area (Å²) < 4.78 is 0. The highest BCUT2D eigenvalue weighted by molar-refractivity contribution is 6.31. The van der Waals surface area contributed by atoms with Crippen LogP contribution in [0.3, 0.4) is 0 Å². The van der Waals surface area contributed by atoms with Crippen LogP contribution in [0.5, 0.6) is 0 Å². The summed E-state index contributed by atoms with van der Waals surface area (Å²) in [6, 6.07) is 20.4. The van der Waals surface area contributed by atoms with Crippen LogP contribution in [0.1, 0.15) is 42.6 Å². The predicted octanol–water partition coefficient (Wildman–Crippen LogP) is 5.84. The van der Waals surface area contributed by atoms with E-state index in [9.17, 15) is 19.5 Å². The van der Waals surface area contributed by atoms with Crippen molar-refractivity contribution in [2.75, 3.05) is 0 Å². The van der Waals surface area contributed by atoms with Gasteiger partial charge < -0.3 is 15.7 Å². The van der Waals surface area contributed by atoms with E-state index < -0.39 is 29.4 Å². The zero-order valence-corrected chi connectivity index (χ0v) is 21.6. The SMILES string of the molecule is CC(C)(Cc1ccc(Cl)cc1)N(C(=O)c1ccc(-c2cccc(Cl)c2)cc1)[C@@H](CCC(=O)O)C(N)=O. The van der Waals surface area contributed by atoms with Gasteiger partial charge in [0.15, 0.2) is 0 Å². The molecule has 6 nitrogen and oxygen atoms in total. The first-order valence-corrected chi connectivity index (χ1v) is 12.2. The van der Waals surface area contributed by atoms with Gasteiger partial charge in [0, 0.05) is 27.6 Å². The van der Waals surface area contributed by atoms with Crippen LogP contribution in [0.4, 0.5) is 0 Å². The first kappa shape index (κ1) is 27.2. The molecule has 36 heavy (non-hydrogen) atoms. The zero-order valence-electron chi connectivity index (χ0n) is 20.1. The average Bonchev–Trinajstić information content (AvgIpc) is 2.82. The smallest absolute Gasteiger partial charge is 0.303 e. The van der Waals surface area contributed by atoms with Crippen LogP contribution in [-0.4, -0.2) is 39.4 Å². The molecule has 3 N–H and O–H groups in total. The molecule has 0 fully saturated rings. The number of aliphatic carboxylic acids is 1. The lowest BCUT2D eigenvalue weighted by Crippen LogP contribution is -2.58. The van der Waals surface area contributed by atoms with Gasteiger partial charge in [-0.15, -0.1) is 0 Å². The summed E-state index contributed by atoms with van der Waals surface area (Å²) in [6.07, 6.45) is -0.00345. The molecule has 3 aromatic rings. The molecule has 3 rings (SSSR count). The maximum atomic E-state index is 13.9. The molecule has 0 saturated carbocycles. The average molecular weight is 527 g/mol. The highest BCUT2D eigenvalue weighted by atomic mass is 35.5. The third-order valence-electron chi connectivity index (χ3n) is 5.98. The van der Waals surface area contributed by atoms with Crippen LogP contribution in [0.15, 0.2) is 72.8 Å². The maximum absolute atomic E-state index is 13.9. The molecule has 0 saturated heterocycles. The summed E-state index contributed by atoms with van der Waals surface area (Å²) in [7, 11) is 0. The van der Waals surface area contributed by atoms with Gasteiger partial charge in [0.05, 0.1) is 0 Å². The number of primary amides is 1. The van der Waals surface area contributed by atoms with Crippen LogP contribution in [0, 0.1) is 0 Å². The Hall–Kier alpha value is -3.35. The molecule has 8 heteroatoms. The van der Waals surface area contributed by atoms with E-state index in [1.807, 2.05) is 44.2 Å². The third kappa shape index (κ3) is 6.86. The van der Waals surface area contributed by atoms with Gasteiger partial charge in [0.2, 0.25) is 5.91 Å². The number of benzene rings is 3. The van der Waals surface area contributed by atoms with E-state index in [2.05, 4.69) is 0 Å². The van der Waals surface area contributed by atoms with E-state index in [4.69, 9.17) is 28.9 Å². The second kappa shape index (κ2) is 11.6. The van der Waals surface area contributed by atoms with E-state index in [0.29, 0.717) is 22.0 Å². The molecule has 0 bridgehead atoms. The molecule has 2 amide bonds. The van der Waals surface area contributed by atoms with Gasteiger partial charge in [0.1, 0.15) is 6.04 Å². The molecule has 0 spiro atoms.